The van der Waals surface area contributed by atoms with E-state index in [1.807, 2.05) is 32.6 Å². The highest BCUT2D eigenvalue weighted by Crippen LogP contribution is 2.20. The number of aromatic nitrogens is 2. The van der Waals surface area contributed by atoms with Crippen molar-refractivity contribution in [1.29, 1.82) is 0 Å². The summed E-state index contributed by atoms with van der Waals surface area (Å²) in [6, 6.07) is 6.53. The second-order valence-corrected chi connectivity index (χ2v) is 10.9. The zero-order valence-corrected chi connectivity index (χ0v) is 19.9. The Balaban J connectivity index is 1.54. The average molecular weight is 463 g/mol. The van der Waals surface area contributed by atoms with Gasteiger partial charge in [0.25, 0.3) is 0 Å². The highest BCUT2D eigenvalue weighted by Gasteiger charge is 2.31. The third-order valence-corrected chi connectivity index (χ3v) is 6.04. The molecule has 1 atom stereocenters. The van der Waals surface area contributed by atoms with Crippen LogP contribution in [0.1, 0.15) is 33.3 Å². The molecule has 2 aromatic rings. The van der Waals surface area contributed by atoms with E-state index in [2.05, 4.69) is 9.97 Å². The fourth-order valence-electron chi connectivity index (χ4n) is 3.28. The molecule has 174 valence electrons. The highest BCUT2D eigenvalue weighted by molar-refractivity contribution is 7.90. The van der Waals surface area contributed by atoms with Crippen molar-refractivity contribution in [2.45, 2.75) is 50.8 Å². The fourth-order valence-corrected chi connectivity index (χ4v) is 3.91. The Morgan fingerprint density at radius 3 is 2.28 bits per heavy atom. The van der Waals surface area contributed by atoms with Crippen molar-refractivity contribution in [2.75, 3.05) is 30.8 Å². The van der Waals surface area contributed by atoms with Crippen molar-refractivity contribution in [3.05, 3.63) is 42.2 Å². The summed E-state index contributed by atoms with van der Waals surface area (Å²) in [6.45, 7) is 9.56. The summed E-state index contributed by atoms with van der Waals surface area (Å²) < 4.78 is 34.3. The van der Waals surface area contributed by atoms with E-state index in [0.29, 0.717) is 31.3 Å². The topological polar surface area (TPSA) is 102 Å². The molecule has 9 nitrogen and oxygen atoms in total. The Labute approximate surface area is 189 Å². The number of hydrogen-bond donors (Lipinski definition) is 0. The van der Waals surface area contributed by atoms with Crippen LogP contribution in [0.5, 0.6) is 5.75 Å². The molecule has 32 heavy (non-hydrogen) atoms. The van der Waals surface area contributed by atoms with Crippen molar-refractivity contribution in [1.82, 2.24) is 14.9 Å². The van der Waals surface area contributed by atoms with Gasteiger partial charge in [-0.15, -0.1) is 0 Å². The predicted molar refractivity (Wildman–Crippen MR) is 121 cm³/mol. The molecule has 0 spiro atoms. The van der Waals surface area contributed by atoms with Gasteiger partial charge in [-0.25, -0.2) is 23.2 Å². The molecule has 1 saturated heterocycles. The molecule has 0 bridgehead atoms. The maximum atomic E-state index is 12.4. The molecule has 10 heteroatoms. The smallest absolute Gasteiger partial charge is 0.410 e. The van der Waals surface area contributed by atoms with Crippen LogP contribution in [0.2, 0.25) is 0 Å². The fraction of sp³-hybridized carbons (Fsp3) is 0.500. The maximum Gasteiger partial charge on any atom is 0.410 e. The average Bonchev–Trinajstić information content (AvgIpc) is 2.71. The summed E-state index contributed by atoms with van der Waals surface area (Å²) in [7, 11) is -3.22. The van der Waals surface area contributed by atoms with Crippen LogP contribution in [0, 0.1) is 0 Å². The first-order chi connectivity index (χ1) is 14.9. The highest BCUT2D eigenvalue weighted by atomic mass is 32.2. The van der Waals surface area contributed by atoms with E-state index in [1.54, 1.807) is 41.6 Å². The van der Waals surface area contributed by atoms with Crippen molar-refractivity contribution in [3.8, 4) is 5.75 Å². The van der Waals surface area contributed by atoms with E-state index in [1.165, 1.54) is 6.26 Å². The van der Waals surface area contributed by atoms with Crippen LogP contribution in [-0.4, -0.2) is 66.9 Å². The SMILES string of the molecule is C[C@H]1CN(c2ncc(OCc3ccc(S(C)(=O)=O)cc3)cn2)CCN1C(=O)OC(C)(C)C. The Hall–Kier alpha value is -2.88. The number of amides is 1. The summed E-state index contributed by atoms with van der Waals surface area (Å²) in [4.78, 5) is 25.2. The first-order valence-corrected chi connectivity index (χ1v) is 12.3. The minimum Gasteiger partial charge on any atom is -0.486 e. The standard InChI is InChI=1S/C22H30N4O5S/c1-16-14-25(10-11-26(16)21(27)31-22(2,3)4)20-23-12-18(13-24-20)30-15-17-6-8-19(9-7-17)32(5,28)29/h6-9,12-13,16H,10-11,14-15H2,1-5H3/t16-/m0/s1. The lowest BCUT2D eigenvalue weighted by Gasteiger charge is -2.40. The first-order valence-electron chi connectivity index (χ1n) is 10.4. The van der Waals surface area contributed by atoms with Gasteiger partial charge in [-0.05, 0) is 45.4 Å². The number of nitrogens with zero attached hydrogens (tertiary/aromatic N) is 4. The van der Waals surface area contributed by atoms with Crippen LogP contribution < -0.4 is 9.64 Å². The monoisotopic (exact) mass is 462 g/mol. The summed E-state index contributed by atoms with van der Waals surface area (Å²) in [5, 5.41) is 0. The number of hydrogen-bond acceptors (Lipinski definition) is 8. The van der Waals surface area contributed by atoms with Crippen LogP contribution in [-0.2, 0) is 21.2 Å². The zero-order valence-electron chi connectivity index (χ0n) is 19.1. The van der Waals surface area contributed by atoms with Gasteiger partial charge in [0.2, 0.25) is 5.95 Å². The van der Waals surface area contributed by atoms with E-state index in [-0.39, 0.29) is 23.6 Å². The molecule has 1 aromatic heterocycles. The van der Waals surface area contributed by atoms with Crippen molar-refractivity contribution >= 4 is 21.9 Å². The summed E-state index contributed by atoms with van der Waals surface area (Å²) in [6.07, 6.45) is 4.09. The first kappa shape index (κ1) is 23.8. The molecule has 1 aliphatic heterocycles. The van der Waals surface area contributed by atoms with Crippen LogP contribution in [0.15, 0.2) is 41.6 Å². The van der Waals surface area contributed by atoms with Gasteiger partial charge in [-0.3, -0.25) is 0 Å². The molecular formula is C22H30N4O5S. The lowest BCUT2D eigenvalue weighted by Crippen LogP contribution is -2.55. The van der Waals surface area contributed by atoms with Gasteiger partial charge in [-0.2, -0.15) is 0 Å². The number of anilines is 1. The van der Waals surface area contributed by atoms with Crippen LogP contribution in [0.25, 0.3) is 0 Å². The predicted octanol–water partition coefficient (Wildman–Crippen LogP) is 2.90. The number of sulfone groups is 1. The van der Waals surface area contributed by atoms with Crippen LogP contribution in [0.4, 0.5) is 10.7 Å². The van der Waals surface area contributed by atoms with Gasteiger partial charge in [0.05, 0.1) is 17.3 Å². The maximum absolute atomic E-state index is 12.4. The Kier molecular flexibility index (Phi) is 6.92. The molecule has 1 aliphatic rings. The number of carbonyl (C=O) groups excluding carboxylic acids is 1. The molecule has 0 N–H and O–H groups in total. The lowest BCUT2D eigenvalue weighted by molar-refractivity contribution is 0.0158. The number of benzene rings is 1. The zero-order chi connectivity index (χ0) is 23.5. The van der Waals surface area contributed by atoms with E-state index in [4.69, 9.17) is 9.47 Å². The largest absolute Gasteiger partial charge is 0.486 e. The molecule has 0 saturated carbocycles. The van der Waals surface area contributed by atoms with Gasteiger partial charge in [0.15, 0.2) is 15.6 Å². The number of rotatable bonds is 5. The number of ether oxygens (including phenoxy) is 2. The molecule has 1 amide bonds. The molecular weight excluding hydrogens is 432 g/mol. The minimum absolute atomic E-state index is 0.0342. The van der Waals surface area contributed by atoms with Gasteiger partial charge < -0.3 is 19.3 Å². The quantitative estimate of drug-likeness (QED) is 0.668. The van der Waals surface area contributed by atoms with Crippen molar-refractivity contribution in [3.63, 3.8) is 0 Å². The minimum atomic E-state index is -3.22. The Morgan fingerprint density at radius 1 is 1.12 bits per heavy atom. The van der Waals surface area contributed by atoms with Crippen molar-refractivity contribution in [2.24, 2.45) is 0 Å². The van der Waals surface area contributed by atoms with Crippen molar-refractivity contribution < 1.29 is 22.7 Å². The second-order valence-electron chi connectivity index (χ2n) is 8.89. The Bertz CT molecular complexity index is 1030. The number of carbonyl (C=O) groups is 1. The van der Waals surface area contributed by atoms with Gasteiger partial charge >= 0.3 is 6.09 Å². The molecule has 0 aliphatic carbocycles. The van der Waals surface area contributed by atoms with Crippen LogP contribution in [0.3, 0.4) is 0 Å². The molecule has 1 fully saturated rings. The number of piperazine rings is 1. The van der Waals surface area contributed by atoms with Gasteiger partial charge in [-0.1, -0.05) is 12.1 Å². The molecule has 3 rings (SSSR count). The summed E-state index contributed by atoms with van der Waals surface area (Å²) in [5.41, 5.74) is 0.316. The molecule has 0 unspecified atom stereocenters. The van der Waals surface area contributed by atoms with Crippen LogP contribution >= 0.6 is 0 Å². The second kappa shape index (κ2) is 9.32. The molecule has 2 heterocycles. The van der Waals surface area contributed by atoms with Gasteiger partial charge in [0, 0.05) is 31.9 Å². The van der Waals surface area contributed by atoms with Gasteiger partial charge in [0.1, 0.15) is 12.2 Å². The van der Waals surface area contributed by atoms with E-state index < -0.39 is 15.4 Å². The normalized spacial score (nSPS) is 17.2. The molecule has 1 aromatic carbocycles. The van der Waals surface area contributed by atoms with E-state index in [0.717, 1.165) is 5.56 Å². The Morgan fingerprint density at radius 2 is 1.75 bits per heavy atom. The summed E-state index contributed by atoms with van der Waals surface area (Å²) >= 11 is 0. The molecule has 0 radical (unpaired) electrons. The lowest BCUT2D eigenvalue weighted by atomic mass is 10.2. The third kappa shape index (κ3) is 6.32. The summed E-state index contributed by atoms with van der Waals surface area (Å²) in [5.74, 6) is 1.09. The van der Waals surface area contributed by atoms with E-state index in [9.17, 15) is 13.2 Å². The third-order valence-electron chi connectivity index (χ3n) is 4.91. The van der Waals surface area contributed by atoms with E-state index >= 15 is 0 Å².